The van der Waals surface area contributed by atoms with Gasteiger partial charge in [-0.3, -0.25) is 24.0 Å². The molecule has 0 bridgehead atoms. The summed E-state index contributed by atoms with van der Waals surface area (Å²) in [7, 11) is 0. The van der Waals surface area contributed by atoms with Gasteiger partial charge in [0.15, 0.2) is 12.4 Å². The van der Waals surface area contributed by atoms with Crippen molar-refractivity contribution in [2.75, 3.05) is 13.2 Å². The van der Waals surface area contributed by atoms with Crippen LogP contribution in [0.15, 0.2) is 97.1 Å². The van der Waals surface area contributed by atoms with Gasteiger partial charge in [-0.2, -0.15) is 0 Å². The van der Waals surface area contributed by atoms with Gasteiger partial charge in [-0.25, -0.2) is 4.79 Å². The van der Waals surface area contributed by atoms with E-state index >= 15 is 0 Å². The van der Waals surface area contributed by atoms with Gasteiger partial charge < -0.3 is 66.9 Å². The lowest BCUT2D eigenvalue weighted by molar-refractivity contribution is -0.290. The fourth-order valence-electron chi connectivity index (χ4n) is 11.8. The molecule has 11 N–H and O–H groups in total. The molecule has 0 radical (unpaired) electrons. The van der Waals surface area contributed by atoms with Crippen LogP contribution in [0.25, 0.3) is 0 Å². The summed E-state index contributed by atoms with van der Waals surface area (Å²) in [6.07, 6.45) is 12.1. The number of carboxylic acid groups (broad SMARTS) is 1. The van der Waals surface area contributed by atoms with Crippen LogP contribution >= 0.6 is 0 Å². The zero-order chi connectivity index (χ0) is 63.4. The molecule has 19 heteroatoms. The number of unbranched alkanes of at least 4 members (excludes halogenated alkanes) is 16. The van der Waals surface area contributed by atoms with E-state index in [-0.39, 0.29) is 70.4 Å². The van der Waals surface area contributed by atoms with Gasteiger partial charge in [0.05, 0.1) is 6.04 Å². The summed E-state index contributed by atoms with van der Waals surface area (Å²) >= 11 is 0. The molecule has 1 fully saturated rings. The Morgan fingerprint density at radius 2 is 1.10 bits per heavy atom. The summed E-state index contributed by atoms with van der Waals surface area (Å²) in [5, 5.41) is 63.5. The second kappa shape index (κ2) is 37.3. The Kier molecular flexibility index (Phi) is 29.8. The number of aliphatic hydroxyl groups excluding tert-OH is 3. The number of nitrogens with two attached hydrogens (primary N) is 1. The number of aryl methyl sites for hydroxylation is 2. The Labute approximate surface area is 519 Å². The van der Waals surface area contributed by atoms with E-state index in [0.29, 0.717) is 17.5 Å². The molecule has 0 saturated carbocycles. The molecule has 88 heavy (non-hydrogen) atoms. The molecule has 4 aromatic carbocycles. The number of phenols is 1. The number of fused-ring (bicyclic) bond motifs is 1. The minimum atomic E-state index is -1.75. The van der Waals surface area contributed by atoms with Crippen LogP contribution in [0.4, 0.5) is 0 Å². The standard InChI is InChI=1S/C69H98N6O13/c1-4-5-6-7-8-9-10-11-12-13-14-15-16-17-18-29-38-87-69-61(79)59(77)60(78)62(88-69)66(83)71-37-28-27-36-55(68(85)86)72-63(80)56(41-48-30-21-19-22-31-48)73-64(81)57(42-49-32-23-20-24-33-49)74-65(82)58-43-50-34-25-26-35-51(50)45-75(58)67(84)54(70)44-53-46(2)39-52(76)40-47(53)3/h19-26,30-35,39-40,54-62,69,76-79H,4-18,27-29,36-38,41-45,70H2,1-3H3,(H,71,83)(H,72,80)(H,73,81)(H,74,82)(H,85,86)/t54-,55-,56-,57-,58-,59-,60-,61+,62-,69+/m0/s1. The molecular weight excluding hydrogens is 1120 g/mol. The second-order valence-corrected chi connectivity index (χ2v) is 24.1. The van der Waals surface area contributed by atoms with Crippen LogP contribution in [0.2, 0.25) is 0 Å². The lowest BCUT2D eigenvalue weighted by Crippen LogP contribution is -2.62. The summed E-state index contributed by atoms with van der Waals surface area (Å²) in [4.78, 5) is 85.7. The van der Waals surface area contributed by atoms with E-state index in [2.05, 4.69) is 28.2 Å². The molecule has 0 aromatic heterocycles. The van der Waals surface area contributed by atoms with Gasteiger partial charge in [-0.05, 0) is 97.0 Å². The Bertz CT molecular complexity index is 2780. The number of carbonyl (C=O) groups is 6. The first-order valence-corrected chi connectivity index (χ1v) is 32.2. The van der Waals surface area contributed by atoms with Crippen molar-refractivity contribution in [1.82, 2.24) is 26.2 Å². The number of carbonyl (C=O) groups excluding carboxylic acids is 5. The maximum atomic E-state index is 14.8. The molecule has 0 spiro atoms. The normalized spacial score (nSPS) is 19.6. The van der Waals surface area contributed by atoms with E-state index in [4.69, 9.17) is 15.2 Å². The SMILES string of the molecule is CCCCCCCCCCCCCCCCCCO[C@@H]1O[C@H](C(=O)NCCCC[C@H](NC(=O)[C@H](Cc2ccccc2)NC(=O)[C@H](Cc2ccccc2)NC(=O)[C@@H]2Cc3ccccc3CN2C(=O)[C@@H](N)Cc2c(C)cc(O)cc2C)C(=O)O)[C@@H](O)[C@H](O)[C@H]1O. The van der Waals surface area contributed by atoms with Crippen molar-refractivity contribution in [2.45, 2.75) is 236 Å². The van der Waals surface area contributed by atoms with Crippen LogP contribution in [0.1, 0.15) is 168 Å². The van der Waals surface area contributed by atoms with Crippen LogP contribution in [-0.4, -0.2) is 140 Å². The minimum Gasteiger partial charge on any atom is -0.508 e. The summed E-state index contributed by atoms with van der Waals surface area (Å²) in [5.74, 6) is -4.64. The van der Waals surface area contributed by atoms with Crippen molar-refractivity contribution in [1.29, 1.82) is 0 Å². The smallest absolute Gasteiger partial charge is 0.326 e. The molecule has 2 aliphatic rings. The van der Waals surface area contributed by atoms with Crippen LogP contribution in [0.3, 0.4) is 0 Å². The lowest BCUT2D eigenvalue weighted by Gasteiger charge is -2.39. The topological polar surface area (TPSA) is 299 Å². The van der Waals surface area contributed by atoms with Gasteiger partial charge in [-0.15, -0.1) is 0 Å². The number of aromatic hydroxyl groups is 1. The van der Waals surface area contributed by atoms with Crippen LogP contribution in [-0.2, 0) is 70.5 Å². The molecule has 482 valence electrons. The summed E-state index contributed by atoms with van der Waals surface area (Å²) < 4.78 is 11.4. The predicted octanol–water partition coefficient (Wildman–Crippen LogP) is 7.23. The molecule has 6 rings (SSSR count). The van der Waals surface area contributed by atoms with Crippen molar-refractivity contribution in [2.24, 2.45) is 5.73 Å². The summed E-state index contributed by atoms with van der Waals surface area (Å²) in [6.45, 7) is 6.22. The zero-order valence-electron chi connectivity index (χ0n) is 51.9. The van der Waals surface area contributed by atoms with E-state index < -0.39 is 96.4 Å². The number of nitrogens with zero attached hydrogens (tertiary/aromatic N) is 1. The third-order valence-electron chi connectivity index (χ3n) is 17.0. The summed E-state index contributed by atoms with van der Waals surface area (Å²) in [6, 6.07) is 22.3. The van der Waals surface area contributed by atoms with E-state index in [1.54, 1.807) is 66.7 Å². The lowest BCUT2D eigenvalue weighted by atomic mass is 9.91. The minimum absolute atomic E-state index is 0.00904. The molecule has 5 amide bonds. The number of benzene rings is 4. The van der Waals surface area contributed by atoms with Gasteiger partial charge in [0, 0.05) is 39.0 Å². The highest BCUT2D eigenvalue weighted by Gasteiger charge is 2.47. The second-order valence-electron chi connectivity index (χ2n) is 24.1. The van der Waals surface area contributed by atoms with Crippen LogP contribution < -0.4 is 27.0 Å². The van der Waals surface area contributed by atoms with E-state index in [9.17, 15) is 54.3 Å². The number of hydrogen-bond donors (Lipinski definition) is 10. The Morgan fingerprint density at radius 3 is 1.65 bits per heavy atom. The molecule has 4 aromatic rings. The van der Waals surface area contributed by atoms with Gasteiger partial charge in [-0.1, -0.05) is 188 Å². The van der Waals surface area contributed by atoms with Gasteiger partial charge in [0.25, 0.3) is 5.91 Å². The molecule has 0 aliphatic carbocycles. The van der Waals surface area contributed by atoms with Crippen LogP contribution in [0.5, 0.6) is 5.75 Å². The summed E-state index contributed by atoms with van der Waals surface area (Å²) in [5.41, 5.74) is 12.0. The number of aliphatic carboxylic acids is 1. The molecule has 2 aliphatic heterocycles. The predicted molar refractivity (Wildman–Crippen MR) is 337 cm³/mol. The number of rotatable bonds is 38. The molecule has 2 heterocycles. The number of phenolic OH excluding ortho intramolecular Hbond substituents is 1. The highest BCUT2D eigenvalue weighted by atomic mass is 16.7. The monoisotopic (exact) mass is 1220 g/mol. The number of carboxylic acids is 1. The first kappa shape index (κ1) is 70.3. The highest BCUT2D eigenvalue weighted by Crippen LogP contribution is 2.28. The third kappa shape index (κ3) is 22.4. The largest absolute Gasteiger partial charge is 0.508 e. The van der Waals surface area contributed by atoms with Crippen molar-refractivity contribution < 1.29 is 63.8 Å². The fraction of sp³-hybridized carbons (Fsp3) is 0.565. The molecule has 0 unspecified atom stereocenters. The van der Waals surface area contributed by atoms with Crippen molar-refractivity contribution in [3.63, 3.8) is 0 Å². The zero-order valence-corrected chi connectivity index (χ0v) is 51.9. The average molecular weight is 1220 g/mol. The Hall–Kier alpha value is -6.74. The third-order valence-corrected chi connectivity index (χ3v) is 17.0. The quantitative estimate of drug-likeness (QED) is 0.0198. The van der Waals surface area contributed by atoms with Crippen molar-refractivity contribution in [3.05, 3.63) is 136 Å². The van der Waals surface area contributed by atoms with Gasteiger partial charge >= 0.3 is 5.97 Å². The van der Waals surface area contributed by atoms with E-state index in [0.717, 1.165) is 47.1 Å². The van der Waals surface area contributed by atoms with Gasteiger partial charge in [0.1, 0.15) is 48.2 Å². The molecule has 1 saturated heterocycles. The van der Waals surface area contributed by atoms with Crippen molar-refractivity contribution in [3.8, 4) is 5.75 Å². The highest BCUT2D eigenvalue weighted by molar-refractivity contribution is 5.96. The maximum Gasteiger partial charge on any atom is 0.326 e. The number of ether oxygens (including phenoxy) is 2. The van der Waals surface area contributed by atoms with E-state index in [1.165, 1.54) is 81.9 Å². The number of amides is 5. The fourth-order valence-corrected chi connectivity index (χ4v) is 11.8. The molecule has 10 atom stereocenters. The average Bonchev–Trinajstić information content (AvgIpc) is 2.50. The first-order chi connectivity index (χ1) is 42.4. The van der Waals surface area contributed by atoms with Crippen LogP contribution in [0, 0.1) is 13.8 Å². The molecular formula is C69H98N6O13. The number of hydrogen-bond acceptors (Lipinski definition) is 13. The number of aliphatic hydroxyl groups is 3. The van der Waals surface area contributed by atoms with Crippen molar-refractivity contribution >= 4 is 35.5 Å². The Morgan fingerprint density at radius 1 is 0.602 bits per heavy atom. The molecule has 19 nitrogen and oxygen atoms in total. The number of nitrogens with one attached hydrogen (secondary N) is 4. The van der Waals surface area contributed by atoms with Gasteiger partial charge in [0.2, 0.25) is 23.6 Å². The maximum absolute atomic E-state index is 14.8. The first-order valence-electron chi connectivity index (χ1n) is 32.2. The Balaban J connectivity index is 1.01. The van der Waals surface area contributed by atoms with E-state index in [1.807, 2.05) is 44.2 Å².